The number of para-hydroxylation sites is 1. The molecule has 0 amide bonds. The molecule has 1 aromatic heterocycles. The molecule has 0 bridgehead atoms. The van der Waals surface area contributed by atoms with Crippen LogP contribution >= 0.6 is 11.6 Å². The Bertz CT molecular complexity index is 530. The van der Waals surface area contributed by atoms with E-state index in [-0.39, 0.29) is 5.02 Å². The normalized spacial score (nSPS) is 10.4. The van der Waals surface area contributed by atoms with E-state index in [9.17, 15) is 4.79 Å². The van der Waals surface area contributed by atoms with Crippen molar-refractivity contribution in [3.05, 3.63) is 39.7 Å². The molecular weight excluding hydrogens is 204 g/mol. The van der Waals surface area contributed by atoms with Crippen molar-refractivity contribution >= 4 is 22.6 Å². The van der Waals surface area contributed by atoms with Crippen LogP contribution in [-0.4, -0.2) is 7.11 Å². The van der Waals surface area contributed by atoms with Crippen molar-refractivity contribution in [3.63, 3.8) is 0 Å². The highest BCUT2D eigenvalue weighted by atomic mass is 35.5. The zero-order valence-corrected chi connectivity index (χ0v) is 8.17. The lowest BCUT2D eigenvalue weighted by molar-refractivity contribution is 0.407. The van der Waals surface area contributed by atoms with E-state index in [1.54, 1.807) is 24.3 Å². The molecule has 2 aromatic rings. The van der Waals surface area contributed by atoms with E-state index in [0.717, 1.165) is 5.39 Å². The summed E-state index contributed by atoms with van der Waals surface area (Å²) in [6.45, 7) is 0. The molecule has 1 aromatic carbocycles. The number of methoxy groups -OCH3 is 1. The second kappa shape index (κ2) is 3.35. The van der Waals surface area contributed by atoms with Crippen molar-refractivity contribution in [2.24, 2.45) is 0 Å². The van der Waals surface area contributed by atoms with Gasteiger partial charge < -0.3 is 9.15 Å². The van der Waals surface area contributed by atoms with Crippen LogP contribution in [0.3, 0.4) is 0 Å². The van der Waals surface area contributed by atoms with Crippen LogP contribution < -0.4 is 10.4 Å². The van der Waals surface area contributed by atoms with E-state index in [4.69, 9.17) is 20.8 Å². The first-order chi connectivity index (χ1) is 6.72. The first kappa shape index (κ1) is 9.09. The third-order valence-electron chi connectivity index (χ3n) is 1.90. The van der Waals surface area contributed by atoms with Crippen LogP contribution in [0.25, 0.3) is 11.0 Å². The van der Waals surface area contributed by atoms with Gasteiger partial charge in [-0.3, -0.25) is 0 Å². The number of ether oxygens (including phenoxy) is 1. The number of fused-ring (bicyclic) bond motifs is 1. The third kappa shape index (κ3) is 1.36. The molecule has 0 unspecified atom stereocenters. The smallest absolute Gasteiger partial charge is 0.355 e. The van der Waals surface area contributed by atoms with Gasteiger partial charge in [0.2, 0.25) is 0 Å². The van der Waals surface area contributed by atoms with Crippen LogP contribution in [0.1, 0.15) is 0 Å². The maximum atomic E-state index is 11.1. The lowest BCUT2D eigenvalue weighted by Gasteiger charge is -2.02. The minimum Gasteiger partial charge on any atom is -0.493 e. The first-order valence-electron chi connectivity index (χ1n) is 3.99. The maximum Gasteiger partial charge on any atom is 0.355 e. The fraction of sp³-hybridized carbons (Fsp3) is 0.100. The van der Waals surface area contributed by atoms with Gasteiger partial charge >= 0.3 is 5.63 Å². The fourth-order valence-corrected chi connectivity index (χ4v) is 1.41. The van der Waals surface area contributed by atoms with Crippen molar-refractivity contribution in [2.45, 2.75) is 0 Å². The van der Waals surface area contributed by atoms with Crippen LogP contribution in [0.15, 0.2) is 33.5 Å². The van der Waals surface area contributed by atoms with Crippen molar-refractivity contribution in [3.8, 4) is 5.75 Å². The molecule has 0 aliphatic heterocycles. The molecular formula is C10H7ClO3. The first-order valence-corrected chi connectivity index (χ1v) is 4.36. The third-order valence-corrected chi connectivity index (χ3v) is 2.16. The maximum absolute atomic E-state index is 11.1. The molecule has 1 heterocycles. The summed E-state index contributed by atoms with van der Waals surface area (Å²) in [6.07, 6.45) is 0. The standard InChI is InChI=1S/C10H7ClO3/c1-13-8-4-2-3-6-5-7(11)10(12)14-9(6)8/h2-5H,1H3. The summed E-state index contributed by atoms with van der Waals surface area (Å²) >= 11 is 5.64. The van der Waals surface area contributed by atoms with Crippen molar-refractivity contribution in [1.29, 1.82) is 0 Å². The molecule has 0 N–H and O–H groups in total. The lowest BCUT2D eigenvalue weighted by Crippen LogP contribution is -1.99. The summed E-state index contributed by atoms with van der Waals surface area (Å²) < 4.78 is 10.0. The number of rotatable bonds is 1. The van der Waals surface area contributed by atoms with Gasteiger partial charge in [-0.05, 0) is 12.1 Å². The number of halogens is 1. The van der Waals surface area contributed by atoms with E-state index >= 15 is 0 Å². The van der Waals surface area contributed by atoms with Gasteiger partial charge in [0, 0.05) is 5.39 Å². The van der Waals surface area contributed by atoms with Gasteiger partial charge in [-0.1, -0.05) is 23.7 Å². The van der Waals surface area contributed by atoms with Gasteiger partial charge in [0.05, 0.1) is 7.11 Å². The van der Waals surface area contributed by atoms with Crippen LogP contribution in [0.2, 0.25) is 5.02 Å². The minimum absolute atomic E-state index is 0.0748. The van der Waals surface area contributed by atoms with Gasteiger partial charge in [0.1, 0.15) is 5.02 Å². The van der Waals surface area contributed by atoms with Gasteiger partial charge in [-0.2, -0.15) is 0 Å². The number of benzene rings is 1. The van der Waals surface area contributed by atoms with Gasteiger partial charge in [-0.25, -0.2) is 4.79 Å². The zero-order chi connectivity index (χ0) is 10.1. The molecule has 14 heavy (non-hydrogen) atoms. The molecule has 4 heteroatoms. The molecule has 0 saturated carbocycles. The Morgan fingerprint density at radius 1 is 1.43 bits per heavy atom. The molecule has 0 saturated heterocycles. The average Bonchev–Trinajstić information content (AvgIpc) is 2.19. The molecule has 0 atom stereocenters. The summed E-state index contributed by atoms with van der Waals surface area (Å²) in [5.41, 5.74) is -0.131. The summed E-state index contributed by atoms with van der Waals surface area (Å²) in [5, 5.41) is 0.819. The Morgan fingerprint density at radius 3 is 2.93 bits per heavy atom. The van der Waals surface area contributed by atoms with E-state index in [1.165, 1.54) is 7.11 Å². The highest BCUT2D eigenvalue weighted by Crippen LogP contribution is 2.25. The summed E-state index contributed by atoms with van der Waals surface area (Å²) in [5.74, 6) is 0.524. The van der Waals surface area contributed by atoms with Gasteiger partial charge in [0.15, 0.2) is 11.3 Å². The second-order valence-corrected chi connectivity index (χ2v) is 3.17. The molecule has 3 nitrogen and oxygen atoms in total. The number of hydrogen-bond acceptors (Lipinski definition) is 3. The minimum atomic E-state index is -0.552. The Morgan fingerprint density at radius 2 is 2.21 bits per heavy atom. The van der Waals surface area contributed by atoms with Crippen LogP contribution in [0.5, 0.6) is 5.75 Å². The Balaban J connectivity index is 2.88. The molecule has 72 valence electrons. The van der Waals surface area contributed by atoms with Crippen molar-refractivity contribution in [2.75, 3.05) is 7.11 Å². The van der Waals surface area contributed by atoms with Crippen LogP contribution in [0.4, 0.5) is 0 Å². The lowest BCUT2D eigenvalue weighted by atomic mass is 10.2. The van der Waals surface area contributed by atoms with E-state index in [1.807, 2.05) is 0 Å². The summed E-state index contributed by atoms with van der Waals surface area (Å²) in [4.78, 5) is 11.1. The van der Waals surface area contributed by atoms with Crippen molar-refractivity contribution < 1.29 is 9.15 Å². The topological polar surface area (TPSA) is 39.4 Å². The Kier molecular flexibility index (Phi) is 2.17. The predicted molar refractivity (Wildman–Crippen MR) is 54.0 cm³/mol. The van der Waals surface area contributed by atoms with E-state index in [0.29, 0.717) is 11.3 Å². The largest absolute Gasteiger partial charge is 0.493 e. The molecule has 0 aliphatic carbocycles. The molecule has 0 spiro atoms. The highest BCUT2D eigenvalue weighted by Gasteiger charge is 2.06. The SMILES string of the molecule is COc1cccc2cc(Cl)c(=O)oc12. The molecule has 0 radical (unpaired) electrons. The Labute approximate surface area is 84.9 Å². The van der Waals surface area contributed by atoms with Crippen molar-refractivity contribution in [1.82, 2.24) is 0 Å². The zero-order valence-electron chi connectivity index (χ0n) is 7.41. The van der Waals surface area contributed by atoms with Gasteiger partial charge in [0.25, 0.3) is 0 Å². The van der Waals surface area contributed by atoms with Gasteiger partial charge in [-0.15, -0.1) is 0 Å². The van der Waals surface area contributed by atoms with Crippen LogP contribution in [0, 0.1) is 0 Å². The quantitative estimate of drug-likeness (QED) is 0.679. The van der Waals surface area contributed by atoms with E-state index in [2.05, 4.69) is 0 Å². The summed E-state index contributed by atoms with van der Waals surface area (Å²) in [6, 6.07) is 6.88. The summed E-state index contributed by atoms with van der Waals surface area (Å²) in [7, 11) is 1.52. The number of hydrogen-bond donors (Lipinski definition) is 0. The fourth-order valence-electron chi connectivity index (χ4n) is 1.25. The average molecular weight is 211 g/mol. The van der Waals surface area contributed by atoms with Crippen LogP contribution in [-0.2, 0) is 0 Å². The molecule has 2 rings (SSSR count). The van der Waals surface area contributed by atoms with E-state index < -0.39 is 5.63 Å². The molecule has 0 aliphatic rings. The predicted octanol–water partition coefficient (Wildman–Crippen LogP) is 2.46. The second-order valence-electron chi connectivity index (χ2n) is 2.76. The Hall–Kier alpha value is -1.48. The highest BCUT2D eigenvalue weighted by molar-refractivity contribution is 6.30. The monoisotopic (exact) mass is 210 g/mol. The molecule has 0 fully saturated rings.